The fraction of sp³-hybridized carbons (Fsp3) is 0.895. The zero-order chi connectivity index (χ0) is 17.4. The molecule has 0 spiro atoms. The Morgan fingerprint density at radius 1 is 1.16 bits per heavy atom. The highest BCUT2D eigenvalue weighted by atomic mass is 16.5. The first-order valence-corrected chi connectivity index (χ1v) is 10.0. The number of hydrogen-bond acceptors (Lipinski definition) is 4. The van der Waals surface area contributed by atoms with Gasteiger partial charge in [-0.1, -0.05) is 13.3 Å². The van der Waals surface area contributed by atoms with Crippen molar-refractivity contribution in [2.24, 2.45) is 17.8 Å². The second kappa shape index (κ2) is 7.23. The predicted molar refractivity (Wildman–Crippen MR) is 94.0 cm³/mol. The Bertz CT molecular complexity index is 516. The highest BCUT2D eigenvalue weighted by Gasteiger charge is 2.43. The highest BCUT2D eigenvalue weighted by Crippen LogP contribution is 2.33. The molecule has 0 bridgehead atoms. The molecule has 0 aromatic carbocycles. The Labute approximate surface area is 150 Å². The van der Waals surface area contributed by atoms with Crippen LogP contribution in [0, 0.1) is 17.8 Å². The van der Waals surface area contributed by atoms with Crippen molar-refractivity contribution in [1.82, 2.24) is 14.7 Å². The molecule has 3 heterocycles. The SMILES string of the molecule is CC[C@@H]1CN(C(=O)[C@H]2CC(=O)N(CC3CC3)C2)C[C@H]1N1CCOCC1. The van der Waals surface area contributed by atoms with Crippen LogP contribution in [-0.2, 0) is 14.3 Å². The summed E-state index contributed by atoms with van der Waals surface area (Å²) in [6.07, 6.45) is 4.01. The molecule has 6 heteroatoms. The van der Waals surface area contributed by atoms with E-state index in [-0.39, 0.29) is 17.7 Å². The van der Waals surface area contributed by atoms with E-state index >= 15 is 0 Å². The Morgan fingerprint density at radius 2 is 1.92 bits per heavy atom. The van der Waals surface area contributed by atoms with Gasteiger partial charge in [0.05, 0.1) is 19.1 Å². The smallest absolute Gasteiger partial charge is 0.228 e. The highest BCUT2D eigenvalue weighted by molar-refractivity contribution is 5.89. The summed E-state index contributed by atoms with van der Waals surface area (Å²) < 4.78 is 5.48. The Morgan fingerprint density at radius 3 is 2.60 bits per heavy atom. The molecule has 4 aliphatic rings. The van der Waals surface area contributed by atoms with Crippen LogP contribution in [0.5, 0.6) is 0 Å². The molecule has 6 nitrogen and oxygen atoms in total. The van der Waals surface area contributed by atoms with Crippen LogP contribution in [0.2, 0.25) is 0 Å². The monoisotopic (exact) mass is 349 g/mol. The lowest BCUT2D eigenvalue weighted by molar-refractivity contribution is -0.135. The number of carbonyl (C=O) groups is 2. The Kier molecular flexibility index (Phi) is 5.00. The largest absolute Gasteiger partial charge is 0.379 e. The fourth-order valence-corrected chi connectivity index (χ4v) is 4.74. The number of ether oxygens (including phenoxy) is 1. The molecule has 0 unspecified atom stereocenters. The van der Waals surface area contributed by atoms with E-state index in [9.17, 15) is 9.59 Å². The first kappa shape index (κ1) is 17.3. The van der Waals surface area contributed by atoms with Crippen molar-refractivity contribution >= 4 is 11.8 Å². The van der Waals surface area contributed by atoms with Gasteiger partial charge in [0.15, 0.2) is 0 Å². The third-order valence-corrected chi connectivity index (χ3v) is 6.50. The van der Waals surface area contributed by atoms with E-state index in [0.717, 1.165) is 52.4 Å². The zero-order valence-electron chi connectivity index (χ0n) is 15.4. The molecule has 25 heavy (non-hydrogen) atoms. The summed E-state index contributed by atoms with van der Waals surface area (Å²) in [5.74, 6) is 1.51. The number of likely N-dealkylation sites (tertiary alicyclic amines) is 2. The van der Waals surface area contributed by atoms with Crippen LogP contribution in [0.15, 0.2) is 0 Å². The molecule has 3 atom stereocenters. The summed E-state index contributed by atoms with van der Waals surface area (Å²) >= 11 is 0. The number of nitrogens with zero attached hydrogens (tertiary/aromatic N) is 3. The Balaban J connectivity index is 1.36. The van der Waals surface area contributed by atoms with Gasteiger partial charge in [0.2, 0.25) is 11.8 Å². The van der Waals surface area contributed by atoms with Gasteiger partial charge >= 0.3 is 0 Å². The summed E-state index contributed by atoms with van der Waals surface area (Å²) in [5.41, 5.74) is 0. The third-order valence-electron chi connectivity index (χ3n) is 6.50. The van der Waals surface area contributed by atoms with Gasteiger partial charge in [-0.2, -0.15) is 0 Å². The normalized spacial score (nSPS) is 34.1. The average molecular weight is 349 g/mol. The minimum Gasteiger partial charge on any atom is -0.379 e. The second-order valence-electron chi connectivity index (χ2n) is 8.27. The molecule has 0 aromatic rings. The van der Waals surface area contributed by atoms with E-state index in [1.165, 1.54) is 12.8 Å². The maximum absolute atomic E-state index is 13.0. The minimum atomic E-state index is -0.118. The Hall–Kier alpha value is -1.14. The van der Waals surface area contributed by atoms with Crippen molar-refractivity contribution in [3.63, 3.8) is 0 Å². The van der Waals surface area contributed by atoms with Gasteiger partial charge in [0, 0.05) is 51.7 Å². The standard InChI is InChI=1S/C19H31N3O3/c1-2-15-11-22(13-17(15)20-5-7-25-8-6-20)19(24)16-9-18(23)21(12-16)10-14-3-4-14/h14-17H,2-13H2,1H3/t15-,16+,17-/m1/s1. The van der Waals surface area contributed by atoms with Gasteiger partial charge in [-0.05, 0) is 24.7 Å². The van der Waals surface area contributed by atoms with E-state index in [2.05, 4.69) is 11.8 Å². The summed E-state index contributed by atoms with van der Waals surface area (Å²) in [6, 6.07) is 0.456. The molecular formula is C19H31N3O3. The van der Waals surface area contributed by atoms with Crippen molar-refractivity contribution in [3.05, 3.63) is 0 Å². The molecule has 0 radical (unpaired) electrons. The maximum Gasteiger partial charge on any atom is 0.228 e. The van der Waals surface area contributed by atoms with Crippen LogP contribution in [0.4, 0.5) is 0 Å². The van der Waals surface area contributed by atoms with Gasteiger partial charge in [-0.3, -0.25) is 14.5 Å². The lowest BCUT2D eigenvalue weighted by Gasteiger charge is -2.34. The fourth-order valence-electron chi connectivity index (χ4n) is 4.74. The summed E-state index contributed by atoms with van der Waals surface area (Å²) in [7, 11) is 0. The van der Waals surface area contributed by atoms with Crippen molar-refractivity contribution in [2.45, 2.75) is 38.6 Å². The number of carbonyl (C=O) groups excluding carboxylic acids is 2. The molecule has 140 valence electrons. The first-order chi connectivity index (χ1) is 12.2. The molecule has 3 saturated heterocycles. The molecular weight excluding hydrogens is 318 g/mol. The van der Waals surface area contributed by atoms with E-state index in [1.807, 2.05) is 9.80 Å². The summed E-state index contributed by atoms with van der Waals surface area (Å²) in [4.78, 5) is 31.8. The molecule has 0 N–H and O–H groups in total. The van der Waals surface area contributed by atoms with Crippen LogP contribution in [0.25, 0.3) is 0 Å². The van der Waals surface area contributed by atoms with Gasteiger partial charge in [0.25, 0.3) is 0 Å². The molecule has 0 aromatic heterocycles. The van der Waals surface area contributed by atoms with Crippen LogP contribution >= 0.6 is 0 Å². The molecule has 1 aliphatic carbocycles. The lowest BCUT2D eigenvalue weighted by Crippen LogP contribution is -2.47. The maximum atomic E-state index is 13.0. The summed E-state index contributed by atoms with van der Waals surface area (Å²) in [6.45, 7) is 8.96. The lowest BCUT2D eigenvalue weighted by atomic mass is 9.99. The molecule has 1 saturated carbocycles. The quantitative estimate of drug-likeness (QED) is 0.737. The number of hydrogen-bond donors (Lipinski definition) is 0. The van der Waals surface area contributed by atoms with Crippen LogP contribution in [-0.4, -0.2) is 85.0 Å². The van der Waals surface area contributed by atoms with Gasteiger partial charge in [-0.25, -0.2) is 0 Å². The minimum absolute atomic E-state index is 0.118. The van der Waals surface area contributed by atoms with Gasteiger partial charge in [0.1, 0.15) is 0 Å². The topological polar surface area (TPSA) is 53.1 Å². The van der Waals surface area contributed by atoms with Crippen molar-refractivity contribution in [2.75, 3.05) is 52.5 Å². The number of rotatable bonds is 5. The third kappa shape index (κ3) is 3.70. The van der Waals surface area contributed by atoms with E-state index in [0.29, 0.717) is 30.8 Å². The van der Waals surface area contributed by atoms with E-state index in [4.69, 9.17) is 4.74 Å². The first-order valence-electron chi connectivity index (χ1n) is 10.0. The average Bonchev–Trinajstić information content (AvgIpc) is 3.22. The van der Waals surface area contributed by atoms with Gasteiger partial charge in [-0.15, -0.1) is 0 Å². The number of amides is 2. The van der Waals surface area contributed by atoms with E-state index in [1.54, 1.807) is 0 Å². The molecule has 4 rings (SSSR count). The van der Waals surface area contributed by atoms with Gasteiger partial charge < -0.3 is 14.5 Å². The number of morpholine rings is 1. The van der Waals surface area contributed by atoms with Crippen molar-refractivity contribution in [3.8, 4) is 0 Å². The van der Waals surface area contributed by atoms with Crippen molar-refractivity contribution in [1.29, 1.82) is 0 Å². The predicted octanol–water partition coefficient (Wildman–Crippen LogP) is 0.814. The van der Waals surface area contributed by atoms with E-state index < -0.39 is 0 Å². The van der Waals surface area contributed by atoms with Crippen molar-refractivity contribution < 1.29 is 14.3 Å². The zero-order valence-corrected chi connectivity index (χ0v) is 15.4. The molecule has 4 fully saturated rings. The van der Waals surface area contributed by atoms with Crippen LogP contribution in [0.1, 0.15) is 32.6 Å². The second-order valence-corrected chi connectivity index (χ2v) is 8.27. The van der Waals surface area contributed by atoms with Crippen LogP contribution in [0.3, 0.4) is 0 Å². The molecule has 3 aliphatic heterocycles. The molecule has 2 amide bonds. The summed E-state index contributed by atoms with van der Waals surface area (Å²) in [5, 5.41) is 0. The van der Waals surface area contributed by atoms with Crippen LogP contribution < -0.4 is 0 Å².